The average Bonchev–Trinajstić information content (AvgIpc) is 2.57. The monoisotopic (exact) mass is 257 g/mol. The van der Waals surface area contributed by atoms with E-state index in [9.17, 15) is 9.59 Å². The number of carbonyl (C=O) groups excluding carboxylic acids is 2. The molecule has 0 radical (unpaired) electrons. The van der Waals surface area contributed by atoms with Gasteiger partial charge in [-0.1, -0.05) is 20.8 Å². The molecule has 1 spiro atoms. The van der Waals surface area contributed by atoms with Crippen LogP contribution in [0.25, 0.3) is 0 Å². The van der Waals surface area contributed by atoms with E-state index in [1.165, 1.54) is 0 Å². The zero-order valence-corrected chi connectivity index (χ0v) is 11.3. The zero-order chi connectivity index (χ0) is 12.8. The highest BCUT2D eigenvalue weighted by atomic mass is 32.2. The van der Waals surface area contributed by atoms with Crippen molar-refractivity contribution in [2.45, 2.75) is 31.7 Å². The lowest BCUT2D eigenvalue weighted by Crippen LogP contribution is -2.69. The molecule has 3 N–H and O–H groups in total. The van der Waals surface area contributed by atoms with E-state index in [0.717, 1.165) is 0 Å². The molecule has 0 aromatic rings. The number of nitrogens with one attached hydrogen (secondary N) is 1. The van der Waals surface area contributed by atoms with E-state index in [1.54, 1.807) is 11.8 Å². The van der Waals surface area contributed by atoms with Crippen molar-refractivity contribution in [1.29, 1.82) is 0 Å². The summed E-state index contributed by atoms with van der Waals surface area (Å²) >= 11 is 1.69. The standard InChI is InChI=1S/C11H19N3O2S/c1-10(2,3)9(16)14-5-11(6-14)13-7(4-17-11)8(12)15/h7,13H,4-6H2,1-3H3,(H2,12,15)/t7-/m0/s1. The molecule has 2 fully saturated rings. The molecule has 0 aromatic carbocycles. The van der Waals surface area contributed by atoms with Crippen LogP contribution in [0.15, 0.2) is 0 Å². The van der Waals surface area contributed by atoms with Crippen LogP contribution in [0.2, 0.25) is 0 Å². The van der Waals surface area contributed by atoms with Gasteiger partial charge in [0, 0.05) is 11.2 Å². The number of nitrogens with zero attached hydrogens (tertiary/aromatic N) is 1. The van der Waals surface area contributed by atoms with Gasteiger partial charge in [0.05, 0.1) is 19.1 Å². The van der Waals surface area contributed by atoms with E-state index < -0.39 is 0 Å². The van der Waals surface area contributed by atoms with Crippen LogP contribution in [0.4, 0.5) is 0 Å². The van der Waals surface area contributed by atoms with Gasteiger partial charge in [0.2, 0.25) is 11.8 Å². The Balaban J connectivity index is 1.91. The molecule has 96 valence electrons. The van der Waals surface area contributed by atoms with Crippen LogP contribution in [-0.4, -0.2) is 46.5 Å². The number of thioether (sulfide) groups is 1. The second-order valence-electron chi connectivity index (χ2n) is 5.82. The van der Waals surface area contributed by atoms with Crippen molar-refractivity contribution in [3.63, 3.8) is 0 Å². The van der Waals surface area contributed by atoms with Crippen LogP contribution in [0.1, 0.15) is 20.8 Å². The number of primary amides is 1. The summed E-state index contributed by atoms with van der Waals surface area (Å²) in [7, 11) is 0. The van der Waals surface area contributed by atoms with Crippen molar-refractivity contribution in [2.24, 2.45) is 11.1 Å². The SMILES string of the molecule is CC(C)(C)C(=O)N1CC2(C1)N[C@H](C(N)=O)CS2. The molecular formula is C11H19N3O2S. The van der Waals surface area contributed by atoms with Crippen LogP contribution in [-0.2, 0) is 9.59 Å². The molecule has 6 heteroatoms. The zero-order valence-electron chi connectivity index (χ0n) is 10.4. The fraction of sp³-hybridized carbons (Fsp3) is 0.818. The molecule has 2 aliphatic heterocycles. The summed E-state index contributed by atoms with van der Waals surface area (Å²) in [5.41, 5.74) is 4.93. The van der Waals surface area contributed by atoms with Crippen LogP contribution in [0, 0.1) is 5.41 Å². The molecule has 2 saturated heterocycles. The van der Waals surface area contributed by atoms with Gasteiger partial charge >= 0.3 is 0 Å². The summed E-state index contributed by atoms with van der Waals surface area (Å²) in [5, 5.41) is 3.23. The van der Waals surface area contributed by atoms with E-state index >= 15 is 0 Å². The lowest BCUT2D eigenvalue weighted by atomic mass is 9.92. The highest BCUT2D eigenvalue weighted by Crippen LogP contribution is 2.39. The van der Waals surface area contributed by atoms with Crippen molar-refractivity contribution in [2.75, 3.05) is 18.8 Å². The lowest BCUT2D eigenvalue weighted by molar-refractivity contribution is -0.145. The van der Waals surface area contributed by atoms with Crippen LogP contribution in [0.3, 0.4) is 0 Å². The molecule has 0 unspecified atom stereocenters. The van der Waals surface area contributed by atoms with E-state index in [1.807, 2.05) is 25.7 Å². The van der Waals surface area contributed by atoms with Crippen molar-refractivity contribution >= 4 is 23.6 Å². The van der Waals surface area contributed by atoms with Gasteiger partial charge in [-0.3, -0.25) is 14.9 Å². The molecular weight excluding hydrogens is 238 g/mol. The topological polar surface area (TPSA) is 75.4 Å². The number of hydrogen-bond acceptors (Lipinski definition) is 4. The Morgan fingerprint density at radius 1 is 1.41 bits per heavy atom. The van der Waals surface area contributed by atoms with Crippen LogP contribution >= 0.6 is 11.8 Å². The van der Waals surface area contributed by atoms with Gasteiger partial charge in [-0.15, -0.1) is 11.8 Å². The quantitative estimate of drug-likeness (QED) is 0.680. The molecule has 5 nitrogen and oxygen atoms in total. The van der Waals surface area contributed by atoms with Gasteiger partial charge in [-0.25, -0.2) is 0 Å². The summed E-state index contributed by atoms with van der Waals surface area (Å²) in [5.74, 6) is 0.551. The van der Waals surface area contributed by atoms with Crippen LogP contribution < -0.4 is 11.1 Å². The number of amides is 2. The molecule has 1 atom stereocenters. The van der Waals surface area contributed by atoms with E-state index in [2.05, 4.69) is 5.32 Å². The highest BCUT2D eigenvalue weighted by Gasteiger charge is 2.52. The number of rotatable bonds is 1. The normalized spacial score (nSPS) is 27.0. The Labute approximate surface area is 105 Å². The van der Waals surface area contributed by atoms with Gasteiger partial charge in [-0.05, 0) is 0 Å². The number of likely N-dealkylation sites (tertiary alicyclic amines) is 1. The first-order chi connectivity index (χ1) is 7.73. The van der Waals surface area contributed by atoms with E-state index in [-0.39, 0.29) is 28.1 Å². The fourth-order valence-corrected chi connectivity index (χ4v) is 3.62. The van der Waals surface area contributed by atoms with Crippen molar-refractivity contribution < 1.29 is 9.59 Å². The largest absolute Gasteiger partial charge is 0.368 e. The maximum Gasteiger partial charge on any atom is 0.235 e. The molecule has 0 aromatic heterocycles. The third-order valence-electron chi connectivity index (χ3n) is 3.13. The number of carbonyl (C=O) groups is 2. The molecule has 17 heavy (non-hydrogen) atoms. The second kappa shape index (κ2) is 3.88. The summed E-state index contributed by atoms with van der Waals surface area (Å²) in [4.78, 5) is 24.8. The Bertz CT molecular complexity index is 358. The fourth-order valence-electron chi connectivity index (χ4n) is 2.17. The number of nitrogens with two attached hydrogens (primary N) is 1. The Morgan fingerprint density at radius 2 is 2.00 bits per heavy atom. The molecule has 2 amide bonds. The van der Waals surface area contributed by atoms with Crippen LogP contribution in [0.5, 0.6) is 0 Å². The summed E-state index contributed by atoms with van der Waals surface area (Å²) in [6, 6.07) is -0.258. The highest BCUT2D eigenvalue weighted by molar-refractivity contribution is 8.01. The average molecular weight is 257 g/mol. The third-order valence-corrected chi connectivity index (χ3v) is 4.56. The maximum absolute atomic E-state index is 12.0. The first kappa shape index (κ1) is 12.7. The second-order valence-corrected chi connectivity index (χ2v) is 7.22. The molecule has 0 bridgehead atoms. The molecule has 0 saturated carbocycles. The maximum atomic E-state index is 12.0. The molecule has 0 aliphatic carbocycles. The predicted molar refractivity (Wildman–Crippen MR) is 67.3 cm³/mol. The lowest BCUT2D eigenvalue weighted by Gasteiger charge is -2.49. The Kier molecular flexibility index (Phi) is 2.90. The summed E-state index contributed by atoms with van der Waals surface area (Å²) in [6.45, 7) is 7.08. The number of hydrogen-bond donors (Lipinski definition) is 2. The van der Waals surface area contributed by atoms with Gasteiger partial charge in [0.25, 0.3) is 0 Å². The summed E-state index contributed by atoms with van der Waals surface area (Å²) < 4.78 is 0. The van der Waals surface area contributed by atoms with Crippen molar-refractivity contribution in [3.05, 3.63) is 0 Å². The van der Waals surface area contributed by atoms with Gasteiger partial charge in [0.15, 0.2) is 0 Å². The Morgan fingerprint density at radius 3 is 2.41 bits per heavy atom. The Hall–Kier alpha value is -0.750. The molecule has 2 rings (SSSR count). The first-order valence-electron chi connectivity index (χ1n) is 5.74. The van der Waals surface area contributed by atoms with Crippen molar-refractivity contribution in [1.82, 2.24) is 10.2 Å². The minimum Gasteiger partial charge on any atom is -0.368 e. The minimum absolute atomic E-state index is 0.138. The minimum atomic E-state index is -0.339. The first-order valence-corrected chi connectivity index (χ1v) is 6.72. The van der Waals surface area contributed by atoms with Gasteiger partial charge in [0.1, 0.15) is 4.87 Å². The molecule has 2 heterocycles. The van der Waals surface area contributed by atoms with E-state index in [4.69, 9.17) is 5.73 Å². The van der Waals surface area contributed by atoms with Gasteiger partial charge < -0.3 is 10.6 Å². The smallest absolute Gasteiger partial charge is 0.235 e. The van der Waals surface area contributed by atoms with Gasteiger partial charge in [-0.2, -0.15) is 0 Å². The van der Waals surface area contributed by atoms with Crippen molar-refractivity contribution in [3.8, 4) is 0 Å². The van der Waals surface area contributed by atoms with E-state index in [0.29, 0.717) is 18.8 Å². The summed E-state index contributed by atoms with van der Waals surface area (Å²) in [6.07, 6.45) is 0. The predicted octanol–water partition coefficient (Wildman–Crippen LogP) is -0.239. The molecule has 2 aliphatic rings. The third kappa shape index (κ3) is 2.28.